The average molecular weight is 236 g/mol. The Labute approximate surface area is 102 Å². The highest BCUT2D eigenvalue weighted by Crippen LogP contribution is 2.06. The van der Waals surface area contributed by atoms with Gasteiger partial charge in [-0.1, -0.05) is 42.4 Å². The third-order valence-electron chi connectivity index (χ3n) is 2.61. The lowest BCUT2D eigenvalue weighted by molar-refractivity contribution is 0.0572. The number of rotatable bonds is 7. The molecule has 17 heavy (non-hydrogen) atoms. The molecule has 4 heteroatoms. The Hall–Kier alpha value is -1.55. The standard InChI is InChI=1S/C13H20N2O2/c1-2-12(10-13(14)15-16)17-9-8-11-6-4-3-5-7-11/h3-7,12,16H,2,8-10H2,1H3,(H2,14,15). The minimum absolute atomic E-state index is 0.0228. The molecule has 0 saturated carbocycles. The van der Waals surface area contributed by atoms with Crippen LogP contribution in [0.5, 0.6) is 0 Å². The van der Waals surface area contributed by atoms with Crippen LogP contribution in [0.15, 0.2) is 35.5 Å². The van der Waals surface area contributed by atoms with Crippen LogP contribution < -0.4 is 5.73 Å². The first-order valence-corrected chi connectivity index (χ1v) is 5.88. The van der Waals surface area contributed by atoms with Gasteiger partial charge in [0.05, 0.1) is 12.7 Å². The average Bonchev–Trinajstić information content (AvgIpc) is 2.38. The van der Waals surface area contributed by atoms with Crippen molar-refractivity contribution in [1.29, 1.82) is 0 Å². The van der Waals surface area contributed by atoms with Crippen molar-refractivity contribution in [2.75, 3.05) is 6.61 Å². The van der Waals surface area contributed by atoms with E-state index in [2.05, 4.69) is 17.3 Å². The minimum Gasteiger partial charge on any atom is -0.409 e. The summed E-state index contributed by atoms with van der Waals surface area (Å²) in [6, 6.07) is 10.2. The van der Waals surface area contributed by atoms with Gasteiger partial charge in [0, 0.05) is 6.42 Å². The number of ether oxygens (including phenoxy) is 1. The second kappa shape index (κ2) is 7.68. The van der Waals surface area contributed by atoms with E-state index in [-0.39, 0.29) is 11.9 Å². The van der Waals surface area contributed by atoms with Crippen LogP contribution in [0.4, 0.5) is 0 Å². The van der Waals surface area contributed by atoms with Gasteiger partial charge < -0.3 is 15.7 Å². The molecule has 1 rings (SSSR count). The van der Waals surface area contributed by atoms with Crippen molar-refractivity contribution in [3.63, 3.8) is 0 Å². The molecule has 1 aromatic rings. The minimum atomic E-state index is 0.0228. The number of amidine groups is 1. The Balaban J connectivity index is 2.29. The van der Waals surface area contributed by atoms with E-state index >= 15 is 0 Å². The van der Waals surface area contributed by atoms with Crippen molar-refractivity contribution >= 4 is 5.84 Å². The highest BCUT2D eigenvalue weighted by atomic mass is 16.5. The second-order valence-corrected chi connectivity index (χ2v) is 3.93. The molecule has 0 heterocycles. The third-order valence-corrected chi connectivity index (χ3v) is 2.61. The van der Waals surface area contributed by atoms with Crippen molar-refractivity contribution in [2.45, 2.75) is 32.3 Å². The summed E-state index contributed by atoms with van der Waals surface area (Å²) >= 11 is 0. The molecule has 0 fully saturated rings. The maximum Gasteiger partial charge on any atom is 0.141 e. The third kappa shape index (κ3) is 5.36. The molecule has 0 bridgehead atoms. The quantitative estimate of drug-likeness (QED) is 0.330. The van der Waals surface area contributed by atoms with E-state index in [4.69, 9.17) is 15.7 Å². The van der Waals surface area contributed by atoms with Crippen molar-refractivity contribution in [3.8, 4) is 0 Å². The molecule has 0 aromatic heterocycles. The zero-order valence-corrected chi connectivity index (χ0v) is 10.2. The lowest BCUT2D eigenvalue weighted by Gasteiger charge is -2.15. The topological polar surface area (TPSA) is 67.8 Å². The van der Waals surface area contributed by atoms with Crippen LogP contribution in [0.3, 0.4) is 0 Å². The molecule has 94 valence electrons. The first kappa shape index (κ1) is 13.5. The molecule has 4 nitrogen and oxygen atoms in total. The smallest absolute Gasteiger partial charge is 0.141 e. The summed E-state index contributed by atoms with van der Waals surface area (Å²) < 4.78 is 5.70. The summed E-state index contributed by atoms with van der Waals surface area (Å²) in [5.74, 6) is 0.219. The molecule has 1 unspecified atom stereocenters. The summed E-state index contributed by atoms with van der Waals surface area (Å²) in [5.41, 5.74) is 6.71. The van der Waals surface area contributed by atoms with Gasteiger partial charge in [0.25, 0.3) is 0 Å². The van der Waals surface area contributed by atoms with Crippen LogP contribution in [0, 0.1) is 0 Å². The van der Waals surface area contributed by atoms with Gasteiger partial charge in [-0.05, 0) is 18.4 Å². The normalized spacial score (nSPS) is 13.6. The molecule has 0 spiro atoms. The molecule has 1 atom stereocenters. The van der Waals surface area contributed by atoms with Gasteiger partial charge in [-0.3, -0.25) is 0 Å². The summed E-state index contributed by atoms with van der Waals surface area (Å²) in [6.45, 7) is 2.68. The number of hydrogen-bond acceptors (Lipinski definition) is 3. The maximum absolute atomic E-state index is 8.49. The Morgan fingerprint density at radius 3 is 2.71 bits per heavy atom. The van der Waals surface area contributed by atoms with E-state index in [0.29, 0.717) is 13.0 Å². The van der Waals surface area contributed by atoms with Crippen LogP contribution in [-0.4, -0.2) is 23.8 Å². The van der Waals surface area contributed by atoms with Crippen LogP contribution in [0.1, 0.15) is 25.3 Å². The van der Waals surface area contributed by atoms with Crippen molar-refractivity contribution in [2.24, 2.45) is 10.9 Å². The predicted molar refractivity (Wildman–Crippen MR) is 68.2 cm³/mol. The first-order chi connectivity index (χ1) is 8.26. The van der Waals surface area contributed by atoms with Crippen LogP contribution in [-0.2, 0) is 11.2 Å². The zero-order valence-electron chi connectivity index (χ0n) is 10.2. The molecule has 0 radical (unpaired) electrons. The second-order valence-electron chi connectivity index (χ2n) is 3.93. The summed E-state index contributed by atoms with van der Waals surface area (Å²) in [5, 5.41) is 11.4. The lowest BCUT2D eigenvalue weighted by atomic mass is 10.1. The molecule has 0 aliphatic heterocycles. The Kier molecular flexibility index (Phi) is 6.10. The van der Waals surface area contributed by atoms with Crippen molar-refractivity contribution in [3.05, 3.63) is 35.9 Å². The summed E-state index contributed by atoms with van der Waals surface area (Å²) in [7, 11) is 0. The van der Waals surface area contributed by atoms with Gasteiger partial charge in [0.15, 0.2) is 0 Å². The Morgan fingerprint density at radius 1 is 1.41 bits per heavy atom. The summed E-state index contributed by atoms with van der Waals surface area (Å²) in [6.07, 6.45) is 2.23. The molecular weight excluding hydrogens is 216 g/mol. The number of hydrogen-bond donors (Lipinski definition) is 2. The van der Waals surface area contributed by atoms with Crippen LogP contribution in [0.25, 0.3) is 0 Å². The van der Waals surface area contributed by atoms with Crippen molar-refractivity contribution < 1.29 is 9.94 Å². The fourth-order valence-electron chi connectivity index (χ4n) is 1.58. The van der Waals surface area contributed by atoms with E-state index in [9.17, 15) is 0 Å². The predicted octanol–water partition coefficient (Wildman–Crippen LogP) is 2.16. The Bertz CT molecular complexity index is 339. The largest absolute Gasteiger partial charge is 0.409 e. The SMILES string of the molecule is CCC(C/C(N)=N/O)OCCc1ccccc1. The van der Waals surface area contributed by atoms with Crippen molar-refractivity contribution in [1.82, 2.24) is 0 Å². The van der Waals surface area contributed by atoms with Gasteiger partial charge in [-0.15, -0.1) is 0 Å². The van der Waals surface area contributed by atoms with Gasteiger partial charge in [-0.2, -0.15) is 0 Å². The van der Waals surface area contributed by atoms with E-state index in [0.717, 1.165) is 12.8 Å². The number of nitrogens with two attached hydrogens (primary N) is 1. The van der Waals surface area contributed by atoms with Gasteiger partial charge in [-0.25, -0.2) is 0 Å². The monoisotopic (exact) mass is 236 g/mol. The molecule has 1 aromatic carbocycles. The van der Waals surface area contributed by atoms with E-state index in [1.54, 1.807) is 0 Å². The van der Waals surface area contributed by atoms with Gasteiger partial charge in [0.1, 0.15) is 5.84 Å². The number of benzene rings is 1. The fraction of sp³-hybridized carbons (Fsp3) is 0.462. The molecule has 0 saturated heterocycles. The highest BCUT2D eigenvalue weighted by Gasteiger charge is 2.09. The van der Waals surface area contributed by atoms with E-state index in [1.807, 2.05) is 25.1 Å². The molecule has 0 aliphatic carbocycles. The highest BCUT2D eigenvalue weighted by molar-refractivity contribution is 5.80. The Morgan fingerprint density at radius 2 is 2.12 bits per heavy atom. The number of oxime groups is 1. The summed E-state index contributed by atoms with van der Waals surface area (Å²) in [4.78, 5) is 0. The molecule has 0 amide bonds. The zero-order chi connectivity index (χ0) is 12.5. The van der Waals surface area contributed by atoms with Crippen LogP contribution >= 0.6 is 0 Å². The van der Waals surface area contributed by atoms with Gasteiger partial charge >= 0.3 is 0 Å². The lowest BCUT2D eigenvalue weighted by Crippen LogP contribution is -2.23. The van der Waals surface area contributed by atoms with E-state index in [1.165, 1.54) is 5.56 Å². The van der Waals surface area contributed by atoms with E-state index < -0.39 is 0 Å². The number of nitrogens with zero attached hydrogens (tertiary/aromatic N) is 1. The first-order valence-electron chi connectivity index (χ1n) is 5.88. The van der Waals surface area contributed by atoms with Crippen LogP contribution in [0.2, 0.25) is 0 Å². The van der Waals surface area contributed by atoms with Gasteiger partial charge in [0.2, 0.25) is 0 Å². The molecule has 3 N–H and O–H groups in total. The maximum atomic E-state index is 8.49. The molecule has 0 aliphatic rings. The fourth-order valence-corrected chi connectivity index (χ4v) is 1.58. The molecular formula is C13H20N2O2.